The number of imide groups is 1. The molecule has 10 heteroatoms. The van der Waals surface area contributed by atoms with Gasteiger partial charge in [0.2, 0.25) is 10.9 Å². The first-order chi connectivity index (χ1) is 14.8. The zero-order valence-corrected chi connectivity index (χ0v) is 17.9. The van der Waals surface area contributed by atoms with Crippen LogP contribution in [0.3, 0.4) is 0 Å². The third-order valence-corrected chi connectivity index (χ3v) is 5.65. The number of carbonyl (C=O) groups excluding carboxylic acids is 4. The molecule has 31 heavy (non-hydrogen) atoms. The predicted molar refractivity (Wildman–Crippen MR) is 113 cm³/mol. The highest BCUT2D eigenvalue weighted by Crippen LogP contribution is 2.31. The fourth-order valence-corrected chi connectivity index (χ4v) is 3.95. The molecule has 0 fully saturated rings. The number of Topliss-reactive ketones (excluding diaryl/α,β-unsaturated/α-hetero) is 1. The minimum absolute atomic E-state index is 0.0425. The molecular formula is C21H14ClN3O5S. The summed E-state index contributed by atoms with van der Waals surface area (Å²) in [4.78, 5) is 51.4. The summed E-state index contributed by atoms with van der Waals surface area (Å²) in [7, 11) is 0. The average molecular weight is 456 g/mol. The van der Waals surface area contributed by atoms with Crippen molar-refractivity contribution in [2.45, 2.75) is 20.0 Å². The van der Waals surface area contributed by atoms with Crippen LogP contribution in [0.25, 0.3) is 0 Å². The fraction of sp³-hybridized carbons (Fsp3) is 0.143. The lowest BCUT2D eigenvalue weighted by Crippen LogP contribution is -2.29. The lowest BCUT2D eigenvalue weighted by molar-refractivity contribution is 0.0318. The van der Waals surface area contributed by atoms with Gasteiger partial charge in [0.1, 0.15) is 5.01 Å². The van der Waals surface area contributed by atoms with Gasteiger partial charge in [0.15, 0.2) is 6.10 Å². The minimum atomic E-state index is -1.07. The van der Waals surface area contributed by atoms with E-state index >= 15 is 0 Å². The van der Waals surface area contributed by atoms with Crippen LogP contribution in [0.15, 0.2) is 42.5 Å². The second kappa shape index (κ2) is 8.01. The van der Waals surface area contributed by atoms with E-state index in [1.807, 2.05) is 0 Å². The first-order valence-corrected chi connectivity index (χ1v) is 10.3. The first-order valence-electron chi connectivity index (χ1n) is 9.10. The quantitative estimate of drug-likeness (QED) is 0.327. The molecule has 0 aliphatic carbocycles. The Morgan fingerprint density at radius 1 is 1.03 bits per heavy atom. The van der Waals surface area contributed by atoms with Crippen LogP contribution < -0.4 is 4.90 Å². The van der Waals surface area contributed by atoms with Crippen LogP contribution in [0, 0.1) is 6.92 Å². The van der Waals surface area contributed by atoms with Crippen molar-refractivity contribution >= 4 is 51.6 Å². The van der Waals surface area contributed by atoms with Gasteiger partial charge in [-0.1, -0.05) is 35.1 Å². The molecule has 0 unspecified atom stereocenters. The monoisotopic (exact) mass is 455 g/mol. The molecule has 1 aromatic heterocycles. The Morgan fingerprint density at radius 2 is 1.77 bits per heavy atom. The van der Waals surface area contributed by atoms with E-state index in [2.05, 4.69) is 10.2 Å². The van der Waals surface area contributed by atoms with E-state index in [0.29, 0.717) is 15.6 Å². The summed E-state index contributed by atoms with van der Waals surface area (Å²) < 4.78 is 5.27. The maximum absolute atomic E-state index is 12.8. The zero-order valence-electron chi connectivity index (χ0n) is 16.3. The van der Waals surface area contributed by atoms with Gasteiger partial charge < -0.3 is 4.74 Å². The second-order valence-electron chi connectivity index (χ2n) is 6.73. The van der Waals surface area contributed by atoms with E-state index in [1.54, 1.807) is 25.1 Å². The largest absolute Gasteiger partial charge is 0.451 e. The van der Waals surface area contributed by atoms with Gasteiger partial charge >= 0.3 is 5.97 Å². The Morgan fingerprint density at radius 3 is 2.45 bits per heavy atom. The normalized spacial score (nSPS) is 13.8. The van der Waals surface area contributed by atoms with Crippen molar-refractivity contribution in [2.75, 3.05) is 4.90 Å². The van der Waals surface area contributed by atoms with Crippen molar-refractivity contribution in [3.8, 4) is 0 Å². The van der Waals surface area contributed by atoms with Gasteiger partial charge in [-0.3, -0.25) is 14.4 Å². The molecule has 0 radical (unpaired) electrons. The Hall–Kier alpha value is -3.43. The molecule has 156 valence electrons. The highest BCUT2D eigenvalue weighted by atomic mass is 35.5. The van der Waals surface area contributed by atoms with Crippen molar-refractivity contribution in [3.05, 3.63) is 74.7 Å². The lowest BCUT2D eigenvalue weighted by atomic mass is 10.1. The Labute approximate surface area is 185 Å². The minimum Gasteiger partial charge on any atom is -0.451 e. The summed E-state index contributed by atoms with van der Waals surface area (Å²) in [5.41, 5.74) is 0.560. The summed E-state index contributed by atoms with van der Waals surface area (Å²) in [6, 6.07) is 10.3. The van der Waals surface area contributed by atoms with Gasteiger partial charge in [0.25, 0.3) is 11.8 Å². The number of hydrogen-bond donors (Lipinski definition) is 0. The third-order valence-electron chi connectivity index (χ3n) is 4.59. The topological polar surface area (TPSA) is 107 Å². The fourth-order valence-electron chi connectivity index (χ4n) is 3.08. The molecular weight excluding hydrogens is 442 g/mol. The molecule has 0 saturated heterocycles. The Balaban J connectivity index is 1.54. The van der Waals surface area contributed by atoms with E-state index in [1.165, 1.54) is 31.2 Å². The second-order valence-corrected chi connectivity index (χ2v) is 8.33. The lowest BCUT2D eigenvalue weighted by Gasteiger charge is -2.13. The van der Waals surface area contributed by atoms with E-state index in [-0.39, 0.29) is 21.8 Å². The number of ether oxygens (including phenoxy) is 1. The summed E-state index contributed by atoms with van der Waals surface area (Å²) in [6.07, 6.45) is -1.07. The van der Waals surface area contributed by atoms with E-state index in [9.17, 15) is 19.2 Å². The highest BCUT2D eigenvalue weighted by molar-refractivity contribution is 7.15. The predicted octanol–water partition coefficient (Wildman–Crippen LogP) is 3.73. The molecule has 1 aliphatic rings. The maximum atomic E-state index is 12.8. The number of benzene rings is 2. The summed E-state index contributed by atoms with van der Waals surface area (Å²) in [6.45, 7) is 3.15. The highest BCUT2D eigenvalue weighted by Gasteiger charge is 2.39. The molecule has 0 bridgehead atoms. The van der Waals surface area contributed by atoms with Gasteiger partial charge in [0, 0.05) is 10.6 Å². The number of carbonyl (C=O) groups is 4. The average Bonchev–Trinajstić information content (AvgIpc) is 3.27. The number of amides is 2. The smallest absolute Gasteiger partial charge is 0.338 e. The number of rotatable bonds is 5. The van der Waals surface area contributed by atoms with Gasteiger partial charge in [-0.2, -0.15) is 0 Å². The van der Waals surface area contributed by atoms with Crippen LogP contribution in [0.5, 0.6) is 0 Å². The zero-order chi connectivity index (χ0) is 22.3. The molecule has 0 spiro atoms. The number of anilines is 1. The molecule has 2 heterocycles. The molecule has 0 saturated carbocycles. The molecule has 0 N–H and O–H groups in total. The van der Waals surface area contributed by atoms with E-state index in [4.69, 9.17) is 16.3 Å². The van der Waals surface area contributed by atoms with Crippen molar-refractivity contribution in [2.24, 2.45) is 0 Å². The summed E-state index contributed by atoms with van der Waals surface area (Å²) >= 11 is 7.01. The molecule has 2 aromatic carbocycles. The van der Waals surface area contributed by atoms with Gasteiger partial charge in [-0.15, -0.1) is 10.2 Å². The molecule has 1 aliphatic heterocycles. The summed E-state index contributed by atoms with van der Waals surface area (Å²) in [5.74, 6) is -2.35. The molecule has 1 atom stereocenters. The number of esters is 1. The SMILES string of the molecule is Cc1nnc(N2C(=O)c3ccc(C(=O)O[C@@H](C)C(=O)c4cccc(Cl)c4)cc3C2=O)s1. The molecule has 8 nitrogen and oxygen atoms in total. The van der Waals surface area contributed by atoms with Crippen LogP contribution >= 0.6 is 22.9 Å². The number of ketones is 1. The maximum Gasteiger partial charge on any atom is 0.338 e. The Kier molecular flexibility index (Phi) is 5.38. The van der Waals surface area contributed by atoms with Crippen LogP contribution in [0.4, 0.5) is 5.13 Å². The number of aryl methyl sites for hydroxylation is 1. The van der Waals surface area contributed by atoms with E-state index in [0.717, 1.165) is 16.2 Å². The summed E-state index contributed by atoms with van der Waals surface area (Å²) in [5, 5.41) is 8.83. The molecule has 3 aromatic rings. The van der Waals surface area contributed by atoms with Crippen molar-refractivity contribution < 1.29 is 23.9 Å². The molecule has 2 amide bonds. The number of fused-ring (bicyclic) bond motifs is 1. The Bertz CT molecular complexity index is 1260. The molecule has 4 rings (SSSR count). The number of aromatic nitrogens is 2. The van der Waals surface area contributed by atoms with Crippen LogP contribution in [0.1, 0.15) is 53.4 Å². The number of halogens is 1. The van der Waals surface area contributed by atoms with Crippen molar-refractivity contribution in [3.63, 3.8) is 0 Å². The van der Waals surface area contributed by atoms with Crippen molar-refractivity contribution in [1.29, 1.82) is 0 Å². The van der Waals surface area contributed by atoms with Crippen LogP contribution in [-0.4, -0.2) is 39.9 Å². The standard InChI is InChI=1S/C21H14ClN3O5S/c1-10(17(26)12-4-3-5-14(22)8-12)30-20(29)13-6-7-15-16(9-13)19(28)25(18(15)27)21-24-23-11(2)31-21/h3-10H,1-2H3/t10-/m0/s1. The van der Waals surface area contributed by atoms with Crippen molar-refractivity contribution in [1.82, 2.24) is 10.2 Å². The van der Waals surface area contributed by atoms with Gasteiger partial charge in [0.05, 0.1) is 16.7 Å². The van der Waals surface area contributed by atoms with Gasteiger partial charge in [-0.25, -0.2) is 9.69 Å². The number of nitrogens with zero attached hydrogens (tertiary/aromatic N) is 3. The van der Waals surface area contributed by atoms with Gasteiger partial charge in [-0.05, 0) is 44.2 Å². The van der Waals surface area contributed by atoms with Crippen LogP contribution in [-0.2, 0) is 4.74 Å². The first kappa shape index (κ1) is 20.8. The van der Waals surface area contributed by atoms with E-state index < -0.39 is 29.7 Å². The third kappa shape index (κ3) is 3.85. The van der Waals surface area contributed by atoms with Crippen LogP contribution in [0.2, 0.25) is 5.02 Å². The number of hydrogen-bond acceptors (Lipinski definition) is 8.